The molecule has 0 bridgehead atoms. The minimum absolute atomic E-state index is 0.219. The lowest BCUT2D eigenvalue weighted by Gasteiger charge is -2.14. The van der Waals surface area contributed by atoms with Crippen molar-refractivity contribution in [1.29, 1.82) is 0 Å². The molecule has 1 rings (SSSR count). The number of carboxylic acid groups (broad SMARTS) is 1. The third kappa shape index (κ3) is 5.54. The molecule has 0 spiro atoms. The first-order valence-corrected chi connectivity index (χ1v) is 7.08. The predicted molar refractivity (Wildman–Crippen MR) is 74.8 cm³/mol. The van der Waals surface area contributed by atoms with Crippen molar-refractivity contribution in [3.63, 3.8) is 0 Å². The number of nitrogens with one attached hydrogen (secondary N) is 2. The molecule has 0 radical (unpaired) electrons. The van der Waals surface area contributed by atoms with Crippen LogP contribution < -0.4 is 10.6 Å². The number of hydrogen-bond acceptors (Lipinski definition) is 5. The Bertz CT molecular complexity index is 450. The molecule has 0 aliphatic carbocycles. The standard InChI is InChI=1S/C12H19N3O4S/c1-3-8-6-13-10(20-8)7-14-12(18)15-9(11(16)17)4-5-19-2/h6,9H,3-5,7H2,1-2H3,(H,16,17)(H2,14,15,18). The lowest BCUT2D eigenvalue weighted by atomic mass is 10.2. The zero-order valence-corrected chi connectivity index (χ0v) is 12.3. The van der Waals surface area contributed by atoms with E-state index in [4.69, 9.17) is 9.84 Å². The summed E-state index contributed by atoms with van der Waals surface area (Å²) in [6.45, 7) is 2.58. The molecule has 112 valence electrons. The molecule has 7 nitrogen and oxygen atoms in total. The number of ether oxygens (including phenoxy) is 1. The van der Waals surface area contributed by atoms with Crippen LogP contribution in [0.25, 0.3) is 0 Å². The van der Waals surface area contributed by atoms with E-state index >= 15 is 0 Å². The highest BCUT2D eigenvalue weighted by Gasteiger charge is 2.19. The lowest BCUT2D eigenvalue weighted by molar-refractivity contribution is -0.139. The fourth-order valence-corrected chi connectivity index (χ4v) is 2.25. The number of aromatic nitrogens is 1. The Kier molecular flexibility index (Phi) is 6.96. The maximum Gasteiger partial charge on any atom is 0.326 e. The van der Waals surface area contributed by atoms with Gasteiger partial charge in [-0.2, -0.15) is 0 Å². The van der Waals surface area contributed by atoms with Gasteiger partial charge in [-0.05, 0) is 6.42 Å². The molecule has 20 heavy (non-hydrogen) atoms. The van der Waals surface area contributed by atoms with Gasteiger partial charge in [-0.3, -0.25) is 0 Å². The van der Waals surface area contributed by atoms with Gasteiger partial charge in [0.1, 0.15) is 11.0 Å². The van der Waals surface area contributed by atoms with E-state index in [0.717, 1.165) is 16.3 Å². The summed E-state index contributed by atoms with van der Waals surface area (Å²) in [5.41, 5.74) is 0. The molecule has 1 heterocycles. The number of hydrogen-bond donors (Lipinski definition) is 3. The average molecular weight is 301 g/mol. The minimum Gasteiger partial charge on any atom is -0.480 e. The van der Waals surface area contributed by atoms with Gasteiger partial charge in [-0.25, -0.2) is 14.6 Å². The summed E-state index contributed by atoms with van der Waals surface area (Å²) < 4.78 is 4.81. The van der Waals surface area contributed by atoms with E-state index < -0.39 is 18.0 Å². The number of amides is 2. The van der Waals surface area contributed by atoms with Gasteiger partial charge in [0, 0.05) is 31.2 Å². The number of nitrogens with zero attached hydrogens (tertiary/aromatic N) is 1. The molecule has 3 N–H and O–H groups in total. The number of carboxylic acids is 1. The largest absolute Gasteiger partial charge is 0.480 e. The molecule has 2 amide bonds. The van der Waals surface area contributed by atoms with E-state index in [1.807, 2.05) is 6.92 Å². The predicted octanol–water partition coefficient (Wildman–Crippen LogP) is 0.994. The van der Waals surface area contributed by atoms with Crippen LogP contribution in [0.1, 0.15) is 23.2 Å². The van der Waals surface area contributed by atoms with Gasteiger partial charge in [0.25, 0.3) is 0 Å². The Labute approximate surface area is 121 Å². The fourth-order valence-electron chi connectivity index (χ4n) is 1.45. The van der Waals surface area contributed by atoms with Gasteiger partial charge in [0.2, 0.25) is 0 Å². The summed E-state index contributed by atoms with van der Waals surface area (Å²) in [5, 5.41) is 14.7. The fraction of sp³-hybridized carbons (Fsp3) is 0.583. The van der Waals surface area contributed by atoms with Crippen molar-refractivity contribution in [2.75, 3.05) is 13.7 Å². The first-order valence-electron chi connectivity index (χ1n) is 6.26. The van der Waals surface area contributed by atoms with Crippen LogP contribution in [0, 0.1) is 0 Å². The van der Waals surface area contributed by atoms with Gasteiger partial charge in [0.05, 0.1) is 6.54 Å². The van der Waals surface area contributed by atoms with Crippen molar-refractivity contribution in [3.05, 3.63) is 16.1 Å². The molecule has 8 heteroatoms. The van der Waals surface area contributed by atoms with Crippen LogP contribution in [-0.2, 0) is 22.5 Å². The second-order valence-corrected chi connectivity index (χ2v) is 5.27. The smallest absolute Gasteiger partial charge is 0.326 e. The minimum atomic E-state index is -1.08. The molecule has 1 aromatic rings. The van der Waals surface area contributed by atoms with Crippen LogP contribution in [0.4, 0.5) is 4.79 Å². The third-order valence-electron chi connectivity index (χ3n) is 2.56. The number of methoxy groups -OCH3 is 1. The van der Waals surface area contributed by atoms with Crippen molar-refractivity contribution in [3.8, 4) is 0 Å². The summed E-state index contributed by atoms with van der Waals surface area (Å²) >= 11 is 1.52. The van der Waals surface area contributed by atoms with Crippen molar-refractivity contribution < 1.29 is 19.4 Å². The van der Waals surface area contributed by atoms with Gasteiger partial charge in [-0.1, -0.05) is 6.92 Å². The van der Waals surface area contributed by atoms with E-state index in [0.29, 0.717) is 0 Å². The van der Waals surface area contributed by atoms with E-state index in [9.17, 15) is 9.59 Å². The highest BCUT2D eigenvalue weighted by Crippen LogP contribution is 2.12. The topological polar surface area (TPSA) is 101 Å². The molecule has 0 fully saturated rings. The monoisotopic (exact) mass is 301 g/mol. The lowest BCUT2D eigenvalue weighted by Crippen LogP contribution is -2.46. The van der Waals surface area contributed by atoms with E-state index in [2.05, 4.69) is 15.6 Å². The molecular formula is C12H19N3O4S. The van der Waals surface area contributed by atoms with Gasteiger partial charge >= 0.3 is 12.0 Å². The van der Waals surface area contributed by atoms with Crippen LogP contribution >= 0.6 is 11.3 Å². The Balaban J connectivity index is 2.39. The van der Waals surface area contributed by atoms with Crippen LogP contribution in [0.15, 0.2) is 6.20 Å². The Morgan fingerprint density at radius 1 is 1.55 bits per heavy atom. The SMILES string of the molecule is CCc1cnc(CNC(=O)NC(CCOC)C(=O)O)s1. The Morgan fingerprint density at radius 3 is 2.85 bits per heavy atom. The molecular weight excluding hydrogens is 282 g/mol. The number of urea groups is 1. The molecule has 0 aliphatic heterocycles. The Morgan fingerprint density at radius 2 is 2.30 bits per heavy atom. The molecule has 1 aromatic heterocycles. The molecule has 0 saturated carbocycles. The second-order valence-electron chi connectivity index (χ2n) is 4.07. The zero-order valence-electron chi connectivity index (χ0n) is 11.5. The normalized spacial score (nSPS) is 11.9. The highest BCUT2D eigenvalue weighted by molar-refractivity contribution is 7.11. The maximum absolute atomic E-state index is 11.6. The van der Waals surface area contributed by atoms with Gasteiger partial charge < -0.3 is 20.5 Å². The van der Waals surface area contributed by atoms with Crippen molar-refractivity contribution >= 4 is 23.3 Å². The van der Waals surface area contributed by atoms with Gasteiger partial charge in [0.15, 0.2) is 0 Å². The molecule has 0 aliphatic rings. The third-order valence-corrected chi connectivity index (χ3v) is 3.71. The first-order chi connectivity index (χ1) is 9.56. The van der Waals surface area contributed by atoms with Gasteiger partial charge in [-0.15, -0.1) is 11.3 Å². The Hall–Kier alpha value is -1.67. The number of carbonyl (C=O) groups excluding carboxylic acids is 1. The van der Waals surface area contributed by atoms with Crippen molar-refractivity contribution in [2.45, 2.75) is 32.4 Å². The zero-order chi connectivity index (χ0) is 15.0. The molecule has 1 atom stereocenters. The van der Waals surface area contributed by atoms with Crippen LogP contribution in [-0.4, -0.2) is 41.8 Å². The molecule has 0 aromatic carbocycles. The molecule has 0 saturated heterocycles. The summed E-state index contributed by atoms with van der Waals surface area (Å²) in [7, 11) is 1.48. The molecule has 1 unspecified atom stereocenters. The van der Waals surface area contributed by atoms with E-state index in [-0.39, 0.29) is 19.6 Å². The maximum atomic E-state index is 11.6. The van der Waals surface area contributed by atoms with E-state index in [1.165, 1.54) is 18.4 Å². The van der Waals surface area contributed by atoms with E-state index in [1.54, 1.807) is 6.20 Å². The number of aliphatic carboxylic acids is 1. The van der Waals surface area contributed by atoms with Crippen LogP contribution in [0.3, 0.4) is 0 Å². The number of carbonyl (C=O) groups is 2. The van der Waals surface area contributed by atoms with Crippen molar-refractivity contribution in [1.82, 2.24) is 15.6 Å². The second kappa shape index (κ2) is 8.49. The van der Waals surface area contributed by atoms with Crippen LogP contribution in [0.2, 0.25) is 0 Å². The number of aryl methyl sites for hydroxylation is 1. The first kappa shape index (κ1) is 16.4. The highest BCUT2D eigenvalue weighted by atomic mass is 32.1. The quantitative estimate of drug-likeness (QED) is 0.665. The summed E-state index contributed by atoms with van der Waals surface area (Å²) in [6.07, 6.45) is 2.90. The van der Waals surface area contributed by atoms with Crippen LogP contribution in [0.5, 0.6) is 0 Å². The average Bonchev–Trinajstić information content (AvgIpc) is 2.88. The summed E-state index contributed by atoms with van der Waals surface area (Å²) in [5.74, 6) is -1.08. The summed E-state index contributed by atoms with van der Waals surface area (Å²) in [6, 6.07) is -1.49. The summed E-state index contributed by atoms with van der Waals surface area (Å²) in [4.78, 5) is 27.9. The van der Waals surface area contributed by atoms with Crippen molar-refractivity contribution in [2.24, 2.45) is 0 Å². The number of thiazole rings is 1. The number of rotatable bonds is 8.